The quantitative estimate of drug-likeness (QED) is 0.647. The predicted octanol–water partition coefficient (Wildman–Crippen LogP) is 3.56. The number of nitrogens with one attached hydrogen (secondary N) is 2. The van der Waals surface area contributed by atoms with Gasteiger partial charge in [-0.2, -0.15) is 0 Å². The molecule has 2 rings (SSSR count). The molecule has 154 valence electrons. The maximum absolute atomic E-state index is 12.3. The molecule has 0 saturated heterocycles. The zero-order chi connectivity index (χ0) is 21.4. The van der Waals surface area contributed by atoms with Gasteiger partial charge in [0.05, 0.1) is 6.54 Å². The lowest BCUT2D eigenvalue weighted by molar-refractivity contribution is -0.133. The Morgan fingerprint density at radius 1 is 1.00 bits per heavy atom. The van der Waals surface area contributed by atoms with E-state index in [9.17, 15) is 14.4 Å². The standard InChI is InChI=1S/C22H26ClN3O3/c1-15-6-4-7-16(2)21(15)25-19(27)14-26(3)20(28)8-5-13-24-22(29)17-9-11-18(23)12-10-17/h4,6-7,9-12H,5,8,13-14H2,1-3H3,(H,24,29)(H,25,27). The van der Waals surface area contributed by atoms with Gasteiger partial charge in [-0.05, 0) is 55.7 Å². The summed E-state index contributed by atoms with van der Waals surface area (Å²) >= 11 is 5.80. The van der Waals surface area contributed by atoms with Gasteiger partial charge in [-0.3, -0.25) is 14.4 Å². The third-order valence-corrected chi connectivity index (χ3v) is 4.76. The first kappa shape index (κ1) is 22.4. The van der Waals surface area contributed by atoms with Gasteiger partial charge in [0.25, 0.3) is 5.91 Å². The van der Waals surface area contributed by atoms with Crippen molar-refractivity contribution < 1.29 is 14.4 Å². The monoisotopic (exact) mass is 415 g/mol. The average molecular weight is 416 g/mol. The van der Waals surface area contributed by atoms with Crippen LogP contribution in [0.1, 0.15) is 34.3 Å². The fourth-order valence-corrected chi connectivity index (χ4v) is 2.96. The molecule has 0 spiro atoms. The molecular weight excluding hydrogens is 390 g/mol. The summed E-state index contributed by atoms with van der Waals surface area (Å²) in [6, 6.07) is 12.4. The van der Waals surface area contributed by atoms with Gasteiger partial charge in [-0.25, -0.2) is 0 Å². The summed E-state index contributed by atoms with van der Waals surface area (Å²) in [5.41, 5.74) is 3.25. The minimum Gasteiger partial charge on any atom is -0.352 e. The van der Waals surface area contributed by atoms with E-state index in [0.717, 1.165) is 16.8 Å². The van der Waals surface area contributed by atoms with Gasteiger partial charge in [-0.15, -0.1) is 0 Å². The molecule has 0 aromatic heterocycles. The van der Waals surface area contributed by atoms with Crippen molar-refractivity contribution in [2.45, 2.75) is 26.7 Å². The van der Waals surface area contributed by atoms with E-state index in [2.05, 4.69) is 10.6 Å². The number of nitrogens with zero attached hydrogens (tertiary/aromatic N) is 1. The maximum Gasteiger partial charge on any atom is 0.251 e. The van der Waals surface area contributed by atoms with Crippen molar-refractivity contribution in [2.75, 3.05) is 25.5 Å². The highest BCUT2D eigenvalue weighted by Crippen LogP contribution is 2.19. The molecule has 0 fully saturated rings. The number of likely N-dealkylation sites (N-methyl/N-ethyl adjacent to an activating group) is 1. The van der Waals surface area contributed by atoms with E-state index in [1.807, 2.05) is 32.0 Å². The Labute approximate surface area is 176 Å². The fraction of sp³-hybridized carbons (Fsp3) is 0.318. The average Bonchev–Trinajstić information content (AvgIpc) is 2.68. The maximum atomic E-state index is 12.3. The highest BCUT2D eigenvalue weighted by Gasteiger charge is 2.14. The van der Waals surface area contributed by atoms with Crippen LogP contribution in [0.3, 0.4) is 0 Å². The number of para-hydroxylation sites is 1. The van der Waals surface area contributed by atoms with Crippen LogP contribution in [0.25, 0.3) is 0 Å². The SMILES string of the molecule is Cc1cccc(C)c1NC(=O)CN(C)C(=O)CCCNC(=O)c1ccc(Cl)cc1. The molecule has 0 aliphatic carbocycles. The smallest absolute Gasteiger partial charge is 0.251 e. The Balaban J connectivity index is 1.72. The first-order valence-electron chi connectivity index (χ1n) is 9.41. The van der Waals surface area contributed by atoms with E-state index >= 15 is 0 Å². The second-order valence-electron chi connectivity index (χ2n) is 6.93. The summed E-state index contributed by atoms with van der Waals surface area (Å²) in [5, 5.41) is 6.20. The highest BCUT2D eigenvalue weighted by atomic mass is 35.5. The van der Waals surface area contributed by atoms with Crippen LogP contribution >= 0.6 is 11.6 Å². The number of rotatable bonds is 8. The molecule has 7 heteroatoms. The van der Waals surface area contributed by atoms with Crippen LogP contribution in [-0.2, 0) is 9.59 Å². The molecule has 0 aliphatic heterocycles. The number of halogens is 1. The van der Waals surface area contributed by atoms with E-state index in [1.165, 1.54) is 4.90 Å². The lowest BCUT2D eigenvalue weighted by Crippen LogP contribution is -2.35. The molecule has 29 heavy (non-hydrogen) atoms. The number of carbonyl (C=O) groups is 3. The molecule has 0 atom stereocenters. The fourth-order valence-electron chi connectivity index (χ4n) is 2.83. The van der Waals surface area contributed by atoms with Crippen molar-refractivity contribution in [3.8, 4) is 0 Å². The molecule has 0 radical (unpaired) electrons. The minimum absolute atomic E-state index is 0.0241. The predicted molar refractivity (Wildman–Crippen MR) is 115 cm³/mol. The lowest BCUT2D eigenvalue weighted by Gasteiger charge is -2.18. The molecule has 0 aliphatic rings. The van der Waals surface area contributed by atoms with Gasteiger partial charge >= 0.3 is 0 Å². The van der Waals surface area contributed by atoms with E-state index in [0.29, 0.717) is 23.6 Å². The molecule has 3 amide bonds. The summed E-state index contributed by atoms with van der Waals surface area (Å²) in [5.74, 6) is -0.605. The summed E-state index contributed by atoms with van der Waals surface area (Å²) in [7, 11) is 1.60. The summed E-state index contributed by atoms with van der Waals surface area (Å²) in [6.07, 6.45) is 0.731. The topological polar surface area (TPSA) is 78.5 Å². The second kappa shape index (κ2) is 10.6. The van der Waals surface area contributed by atoms with E-state index < -0.39 is 0 Å². The van der Waals surface area contributed by atoms with Gasteiger partial charge in [0.1, 0.15) is 0 Å². The van der Waals surface area contributed by atoms with Crippen molar-refractivity contribution in [2.24, 2.45) is 0 Å². The van der Waals surface area contributed by atoms with Crippen molar-refractivity contribution >= 4 is 35.0 Å². The second-order valence-corrected chi connectivity index (χ2v) is 7.37. The zero-order valence-electron chi connectivity index (χ0n) is 16.9. The third kappa shape index (κ3) is 6.91. The summed E-state index contributed by atoms with van der Waals surface area (Å²) in [4.78, 5) is 37.9. The molecule has 0 bridgehead atoms. The Kier molecular flexibility index (Phi) is 8.21. The molecule has 0 saturated carbocycles. The highest BCUT2D eigenvalue weighted by molar-refractivity contribution is 6.30. The Hall–Kier alpha value is -2.86. The number of benzene rings is 2. The summed E-state index contributed by atoms with van der Waals surface area (Å²) in [6.45, 7) is 4.20. The van der Waals surface area contributed by atoms with Crippen molar-refractivity contribution in [3.63, 3.8) is 0 Å². The van der Waals surface area contributed by atoms with Crippen LogP contribution in [0.5, 0.6) is 0 Å². The minimum atomic E-state index is -0.241. The molecular formula is C22H26ClN3O3. The van der Waals surface area contributed by atoms with Gasteiger partial charge < -0.3 is 15.5 Å². The zero-order valence-corrected chi connectivity index (χ0v) is 17.7. The van der Waals surface area contributed by atoms with Crippen molar-refractivity contribution in [1.82, 2.24) is 10.2 Å². The Morgan fingerprint density at radius 3 is 2.24 bits per heavy atom. The molecule has 2 aromatic carbocycles. The molecule has 0 unspecified atom stereocenters. The number of hydrogen-bond acceptors (Lipinski definition) is 3. The molecule has 6 nitrogen and oxygen atoms in total. The van der Waals surface area contributed by atoms with Crippen LogP contribution in [-0.4, -0.2) is 42.8 Å². The van der Waals surface area contributed by atoms with E-state index in [4.69, 9.17) is 11.6 Å². The normalized spacial score (nSPS) is 10.3. The molecule has 0 heterocycles. The van der Waals surface area contributed by atoms with Crippen LogP contribution < -0.4 is 10.6 Å². The van der Waals surface area contributed by atoms with E-state index in [-0.39, 0.29) is 30.7 Å². The Morgan fingerprint density at radius 2 is 1.62 bits per heavy atom. The molecule has 2 N–H and O–H groups in total. The lowest BCUT2D eigenvalue weighted by atomic mass is 10.1. The van der Waals surface area contributed by atoms with Gasteiger partial charge in [0.2, 0.25) is 11.8 Å². The van der Waals surface area contributed by atoms with Gasteiger partial charge in [0.15, 0.2) is 0 Å². The number of aryl methyl sites for hydroxylation is 2. The number of amides is 3. The van der Waals surface area contributed by atoms with Crippen molar-refractivity contribution in [1.29, 1.82) is 0 Å². The third-order valence-electron chi connectivity index (χ3n) is 4.51. The number of anilines is 1. The Bertz CT molecular complexity index is 861. The van der Waals surface area contributed by atoms with Gasteiger partial charge in [-0.1, -0.05) is 29.8 Å². The van der Waals surface area contributed by atoms with Crippen LogP contribution in [0.15, 0.2) is 42.5 Å². The van der Waals surface area contributed by atoms with E-state index in [1.54, 1.807) is 31.3 Å². The van der Waals surface area contributed by atoms with Gasteiger partial charge in [0, 0.05) is 36.3 Å². The number of carbonyl (C=O) groups excluding carboxylic acids is 3. The van der Waals surface area contributed by atoms with Crippen molar-refractivity contribution in [3.05, 3.63) is 64.2 Å². The summed E-state index contributed by atoms with van der Waals surface area (Å²) < 4.78 is 0. The van der Waals surface area contributed by atoms with Crippen LogP contribution in [0, 0.1) is 13.8 Å². The first-order chi connectivity index (χ1) is 13.8. The first-order valence-corrected chi connectivity index (χ1v) is 9.79. The number of hydrogen-bond donors (Lipinski definition) is 2. The molecule has 2 aromatic rings. The van der Waals surface area contributed by atoms with Crippen LogP contribution in [0.4, 0.5) is 5.69 Å². The largest absolute Gasteiger partial charge is 0.352 e. The van der Waals surface area contributed by atoms with Crippen LogP contribution in [0.2, 0.25) is 5.02 Å².